The number of carbonyl (C=O) groups excluding carboxylic acids is 2. The van der Waals surface area contributed by atoms with Crippen molar-refractivity contribution in [2.45, 2.75) is 164 Å². The van der Waals surface area contributed by atoms with E-state index < -0.39 is 40.2 Å². The Morgan fingerprint density at radius 2 is 1.69 bits per heavy atom. The Bertz CT molecular complexity index is 1310. The molecule has 2 rings (SSSR count). The number of aryl methyl sites for hydroxylation is 1. The van der Waals surface area contributed by atoms with Crippen LogP contribution < -0.4 is 0 Å². The molecule has 0 amide bonds. The third-order valence-electron chi connectivity index (χ3n) is 11.1. The largest absolute Gasteiger partial charge is 0.457 e. The van der Waals surface area contributed by atoms with Crippen LogP contribution in [0.15, 0.2) is 34.8 Å². The second-order valence-corrected chi connectivity index (χ2v) is 26.7. The molecule has 2 heterocycles. The fourth-order valence-corrected chi connectivity index (χ4v) is 11.3. The maximum atomic E-state index is 14.8. The molecule has 0 fully saturated rings. The van der Waals surface area contributed by atoms with Crippen LogP contribution in [0, 0.1) is 24.2 Å². The molecule has 9 heteroatoms. The molecule has 1 unspecified atom stereocenters. The predicted octanol–water partition coefficient (Wildman–Crippen LogP) is 11.1. The van der Waals surface area contributed by atoms with Gasteiger partial charge in [0.05, 0.1) is 29.3 Å². The molecule has 5 atom stereocenters. The van der Waals surface area contributed by atoms with Gasteiger partial charge in [-0.25, -0.2) is 4.98 Å². The van der Waals surface area contributed by atoms with Crippen LogP contribution in [-0.2, 0) is 23.2 Å². The lowest BCUT2D eigenvalue weighted by Gasteiger charge is -2.45. The summed E-state index contributed by atoms with van der Waals surface area (Å²) < 4.78 is 20.5. The smallest absolute Gasteiger partial charge is 0.309 e. The fraction of sp³-hybridized carbons (Fsp3) is 0.718. The average molecular weight is 718 g/mol. The van der Waals surface area contributed by atoms with E-state index in [4.69, 9.17) is 13.6 Å². The van der Waals surface area contributed by atoms with Crippen molar-refractivity contribution >= 4 is 45.8 Å². The van der Waals surface area contributed by atoms with E-state index in [1.807, 2.05) is 46.1 Å². The van der Waals surface area contributed by atoms with Crippen LogP contribution >= 0.6 is 11.3 Å². The molecule has 0 saturated carbocycles. The van der Waals surface area contributed by atoms with E-state index in [1.54, 1.807) is 11.3 Å². The maximum absolute atomic E-state index is 14.8. The summed E-state index contributed by atoms with van der Waals surface area (Å²) in [5.74, 6) is -0.646. The summed E-state index contributed by atoms with van der Waals surface area (Å²) >= 11 is 1.60. The Hall–Kier alpha value is -1.66. The van der Waals surface area contributed by atoms with Gasteiger partial charge in [-0.15, -0.1) is 11.3 Å². The molecule has 1 aromatic heterocycles. The van der Waals surface area contributed by atoms with Crippen LogP contribution in [0.25, 0.3) is 6.08 Å². The minimum absolute atomic E-state index is 0.00524. The number of aromatic nitrogens is 1. The van der Waals surface area contributed by atoms with Crippen molar-refractivity contribution < 1.29 is 23.2 Å². The summed E-state index contributed by atoms with van der Waals surface area (Å²) in [6, 6.07) is 2.77. The first kappa shape index (κ1) is 42.5. The van der Waals surface area contributed by atoms with E-state index in [0.717, 1.165) is 40.8 Å². The summed E-state index contributed by atoms with van der Waals surface area (Å²) in [6.45, 7) is 32.0. The molecule has 0 bridgehead atoms. The van der Waals surface area contributed by atoms with Crippen molar-refractivity contribution in [2.75, 3.05) is 0 Å². The third-order valence-corrected chi connectivity index (χ3v) is 21.0. The van der Waals surface area contributed by atoms with Gasteiger partial charge in [0, 0.05) is 23.1 Å². The van der Waals surface area contributed by atoms with Gasteiger partial charge in [-0.2, -0.15) is 0 Å². The van der Waals surface area contributed by atoms with Gasteiger partial charge in [-0.05, 0) is 81.0 Å². The normalized spacial score (nSPS) is 27.7. The maximum Gasteiger partial charge on any atom is 0.309 e. The second-order valence-electron chi connectivity index (χ2n) is 16.2. The molecule has 1 aliphatic rings. The summed E-state index contributed by atoms with van der Waals surface area (Å²) in [6.07, 6.45) is 8.62. The van der Waals surface area contributed by atoms with Crippen LogP contribution in [0.3, 0.4) is 0 Å². The Kier molecular flexibility index (Phi) is 15.5. The minimum atomic E-state index is -2.22. The van der Waals surface area contributed by atoms with Crippen LogP contribution in [0.2, 0.25) is 36.3 Å². The van der Waals surface area contributed by atoms with Crippen LogP contribution in [0.5, 0.6) is 0 Å². The highest BCUT2D eigenvalue weighted by Gasteiger charge is 2.49. The molecule has 0 saturated heterocycles. The summed E-state index contributed by atoms with van der Waals surface area (Å²) in [5.41, 5.74) is 2.06. The number of cyclic esters (lactones) is 1. The molecule has 272 valence electrons. The van der Waals surface area contributed by atoms with Gasteiger partial charge in [0.15, 0.2) is 16.6 Å². The highest BCUT2D eigenvalue weighted by Crippen LogP contribution is 2.42. The second kappa shape index (κ2) is 17.5. The fourth-order valence-electron chi connectivity index (χ4n) is 6.25. The predicted molar refractivity (Wildman–Crippen MR) is 208 cm³/mol. The van der Waals surface area contributed by atoms with Gasteiger partial charge in [0.2, 0.25) is 0 Å². The van der Waals surface area contributed by atoms with Crippen LogP contribution in [-0.4, -0.2) is 51.7 Å². The Morgan fingerprint density at radius 1 is 1.08 bits per heavy atom. The van der Waals surface area contributed by atoms with Crippen molar-refractivity contribution in [1.82, 2.24) is 4.98 Å². The molecule has 0 aliphatic carbocycles. The zero-order chi connectivity index (χ0) is 36.7. The Labute approximate surface area is 299 Å². The Morgan fingerprint density at radius 3 is 2.21 bits per heavy atom. The molecule has 1 aliphatic heterocycles. The zero-order valence-electron chi connectivity index (χ0n) is 32.9. The highest BCUT2D eigenvalue weighted by molar-refractivity contribution is 7.09. The lowest BCUT2D eigenvalue weighted by Crippen LogP contribution is -2.53. The number of allylic oxidation sites excluding steroid dienone is 2. The number of esters is 1. The van der Waals surface area contributed by atoms with Gasteiger partial charge in [-0.1, -0.05) is 93.0 Å². The van der Waals surface area contributed by atoms with E-state index in [2.05, 4.69) is 91.7 Å². The lowest BCUT2D eigenvalue weighted by molar-refractivity contribution is -0.153. The van der Waals surface area contributed by atoms with E-state index >= 15 is 0 Å². The van der Waals surface area contributed by atoms with Crippen molar-refractivity contribution in [1.29, 1.82) is 0 Å². The van der Waals surface area contributed by atoms with Crippen molar-refractivity contribution in [2.24, 2.45) is 17.3 Å². The first-order valence-corrected chi connectivity index (χ1v) is 24.5. The summed E-state index contributed by atoms with van der Waals surface area (Å²) in [4.78, 5) is 33.4. The lowest BCUT2D eigenvalue weighted by atomic mass is 9.73. The number of nitrogens with zero attached hydrogens (tertiary/aromatic N) is 1. The number of ketones is 1. The summed E-state index contributed by atoms with van der Waals surface area (Å²) in [5, 5.41) is 3.01. The number of ether oxygens (including phenoxy) is 1. The number of hydrogen-bond donors (Lipinski definition) is 0. The molecule has 0 spiro atoms. The van der Waals surface area contributed by atoms with Crippen molar-refractivity contribution in [3.05, 3.63) is 45.5 Å². The summed E-state index contributed by atoms with van der Waals surface area (Å²) in [7, 11) is -4.43. The number of Topliss-reactive ketones (excluding diaryl/α,β-unsaturated/α-hetero) is 1. The minimum Gasteiger partial charge on any atom is -0.457 e. The van der Waals surface area contributed by atoms with Crippen molar-refractivity contribution in [3.63, 3.8) is 0 Å². The zero-order valence-corrected chi connectivity index (χ0v) is 35.7. The molecule has 0 N–H and O–H groups in total. The third kappa shape index (κ3) is 11.2. The SMILES string of the molecule is CC[Si](CC)(CC)O[C@H]1CC(=O)OC(/C(C)=C\c2csc(C)n2)C/C=C(/C)C/C=C/[C@H](C)[C@H](O[Si](C)(C)C(C)(C)C)[C@@H](C)C(=O)C1(C)C. The highest BCUT2D eigenvalue weighted by atomic mass is 32.1. The number of thiazole rings is 1. The van der Waals surface area contributed by atoms with Gasteiger partial charge in [0.1, 0.15) is 11.9 Å². The van der Waals surface area contributed by atoms with Gasteiger partial charge < -0.3 is 13.6 Å². The standard InChI is InChI=1S/C39H67NO5SSi2/c1-16-48(17-2,18-3)44-34-25-35(41)43-33(29(6)24-32-26-46-31(8)40-32)23-22-27(4)20-19-21-28(5)36(30(7)37(42)39(34,12)13)45-47(14,15)38(9,10)11/h19,21-22,24,26,28,30,33-34,36H,16-18,20,23,25H2,1-15H3/b21-19+,27-22-,29-24-/t28-,30+,33?,34-,36-/m0/s1. The quantitative estimate of drug-likeness (QED) is 0.144. The molecule has 0 radical (unpaired) electrons. The molecular weight excluding hydrogens is 651 g/mol. The number of rotatable bonds is 9. The molecular formula is C39H67NO5SSi2. The van der Waals surface area contributed by atoms with E-state index in [0.29, 0.717) is 6.42 Å². The topological polar surface area (TPSA) is 74.7 Å². The molecule has 6 nitrogen and oxygen atoms in total. The van der Waals surface area contributed by atoms with E-state index in [1.165, 1.54) is 5.57 Å². The van der Waals surface area contributed by atoms with Gasteiger partial charge in [0.25, 0.3) is 0 Å². The first-order chi connectivity index (χ1) is 22.1. The van der Waals surface area contributed by atoms with Crippen LogP contribution in [0.1, 0.15) is 113 Å². The molecule has 0 aromatic carbocycles. The van der Waals surface area contributed by atoms with Gasteiger partial charge >= 0.3 is 5.97 Å². The first-order valence-electron chi connectivity index (χ1n) is 18.1. The van der Waals surface area contributed by atoms with E-state index in [9.17, 15) is 9.59 Å². The van der Waals surface area contributed by atoms with Gasteiger partial charge in [-0.3, -0.25) is 9.59 Å². The number of hydrogen-bond acceptors (Lipinski definition) is 7. The van der Waals surface area contributed by atoms with Crippen molar-refractivity contribution in [3.8, 4) is 0 Å². The molecule has 1 aromatic rings. The van der Waals surface area contributed by atoms with E-state index in [-0.39, 0.29) is 35.2 Å². The van der Waals surface area contributed by atoms with Crippen LogP contribution in [0.4, 0.5) is 0 Å². The average Bonchev–Trinajstić information content (AvgIpc) is 3.42. The Balaban J connectivity index is 2.70. The molecule has 48 heavy (non-hydrogen) atoms. The monoisotopic (exact) mass is 717 g/mol. The number of carbonyl (C=O) groups is 2.